The zero-order valence-corrected chi connectivity index (χ0v) is 15.7. The Kier molecular flexibility index (Phi) is 5.83. The van der Waals surface area contributed by atoms with E-state index in [1.165, 1.54) is 23.5 Å². The molecule has 0 saturated heterocycles. The first kappa shape index (κ1) is 19.0. The summed E-state index contributed by atoms with van der Waals surface area (Å²) in [6.45, 7) is 1.41. The van der Waals surface area contributed by atoms with Crippen LogP contribution in [0.5, 0.6) is 0 Å². The van der Waals surface area contributed by atoms with Crippen molar-refractivity contribution in [1.82, 2.24) is 4.98 Å². The van der Waals surface area contributed by atoms with Crippen molar-refractivity contribution in [3.05, 3.63) is 69.9 Å². The normalized spacial score (nSPS) is 10.5. The molecule has 0 fully saturated rings. The van der Waals surface area contributed by atoms with Gasteiger partial charge in [0.2, 0.25) is 0 Å². The third-order valence-electron chi connectivity index (χ3n) is 3.55. The minimum atomic E-state index is -0.730. The lowest BCUT2D eigenvalue weighted by Crippen LogP contribution is -2.21. The molecule has 1 N–H and O–H groups in total. The fourth-order valence-corrected chi connectivity index (χ4v) is 3.15. The van der Waals surface area contributed by atoms with Crippen LogP contribution in [0.4, 0.5) is 10.1 Å². The maximum absolute atomic E-state index is 13.6. The molecule has 0 aliphatic heterocycles. The van der Waals surface area contributed by atoms with Gasteiger partial charge >= 0.3 is 5.97 Å². The number of thiazole rings is 1. The van der Waals surface area contributed by atoms with Gasteiger partial charge in [-0.25, -0.2) is 14.2 Å². The van der Waals surface area contributed by atoms with E-state index in [2.05, 4.69) is 10.3 Å². The van der Waals surface area contributed by atoms with Gasteiger partial charge in [0.15, 0.2) is 12.3 Å². The highest BCUT2D eigenvalue weighted by molar-refractivity contribution is 7.13. The number of carbonyl (C=O) groups excluding carboxylic acids is 2. The zero-order valence-electron chi connectivity index (χ0n) is 14.2. The number of carbonyl (C=O) groups is 2. The number of anilines is 1. The Morgan fingerprint density at radius 2 is 1.96 bits per heavy atom. The van der Waals surface area contributed by atoms with Crippen molar-refractivity contribution in [3.63, 3.8) is 0 Å². The Balaban J connectivity index is 1.58. The number of benzene rings is 2. The Hall–Kier alpha value is -2.77. The van der Waals surface area contributed by atoms with Crippen LogP contribution in [0.15, 0.2) is 47.8 Å². The predicted molar refractivity (Wildman–Crippen MR) is 103 cm³/mol. The van der Waals surface area contributed by atoms with Crippen LogP contribution in [-0.4, -0.2) is 23.5 Å². The molecule has 8 heteroatoms. The molecule has 3 rings (SSSR count). The number of ether oxygens (including phenoxy) is 1. The van der Waals surface area contributed by atoms with Crippen molar-refractivity contribution in [1.29, 1.82) is 0 Å². The third-order valence-corrected chi connectivity index (χ3v) is 4.68. The fraction of sp³-hybridized carbons (Fsp3) is 0.105. The summed E-state index contributed by atoms with van der Waals surface area (Å²) in [5.74, 6) is -2.05. The van der Waals surface area contributed by atoms with Crippen LogP contribution in [0.2, 0.25) is 5.02 Å². The van der Waals surface area contributed by atoms with E-state index in [1.807, 2.05) is 31.2 Å². The molecule has 0 spiro atoms. The summed E-state index contributed by atoms with van der Waals surface area (Å²) in [7, 11) is 0. The lowest BCUT2D eigenvalue weighted by atomic mass is 10.2. The highest BCUT2D eigenvalue weighted by atomic mass is 35.5. The number of hydrogen-bond acceptors (Lipinski definition) is 5. The van der Waals surface area contributed by atoms with Crippen molar-refractivity contribution < 1.29 is 18.7 Å². The zero-order chi connectivity index (χ0) is 19.4. The summed E-state index contributed by atoms with van der Waals surface area (Å²) in [5.41, 5.74) is 2.03. The summed E-state index contributed by atoms with van der Waals surface area (Å²) >= 11 is 7.06. The number of esters is 1. The van der Waals surface area contributed by atoms with Gasteiger partial charge in [-0.1, -0.05) is 41.4 Å². The first-order chi connectivity index (χ1) is 12.9. The Bertz CT molecular complexity index is 989. The quantitative estimate of drug-likeness (QED) is 0.625. The van der Waals surface area contributed by atoms with Gasteiger partial charge in [0, 0.05) is 16.0 Å². The topological polar surface area (TPSA) is 68.3 Å². The van der Waals surface area contributed by atoms with E-state index >= 15 is 0 Å². The summed E-state index contributed by atoms with van der Waals surface area (Å²) in [6, 6.07) is 11.5. The molecule has 138 valence electrons. The van der Waals surface area contributed by atoms with Gasteiger partial charge in [0.05, 0.1) is 5.69 Å². The summed E-state index contributed by atoms with van der Waals surface area (Å²) < 4.78 is 18.5. The van der Waals surface area contributed by atoms with Gasteiger partial charge in [-0.15, -0.1) is 11.3 Å². The standard InChI is InChI=1S/C19H14ClFN2O3S/c1-11-2-4-12(5-3-11)18-23-16(10-27-18)19(25)26-9-17(24)22-15-8-13(20)6-7-14(15)21/h2-8,10H,9H2,1H3,(H,22,24). The molecule has 0 saturated carbocycles. The smallest absolute Gasteiger partial charge is 0.358 e. The van der Waals surface area contributed by atoms with Crippen LogP contribution in [0, 0.1) is 12.7 Å². The van der Waals surface area contributed by atoms with Gasteiger partial charge in [-0.05, 0) is 25.1 Å². The third kappa shape index (κ3) is 4.90. The van der Waals surface area contributed by atoms with Crippen LogP contribution >= 0.6 is 22.9 Å². The van der Waals surface area contributed by atoms with Gasteiger partial charge in [-0.2, -0.15) is 0 Å². The largest absolute Gasteiger partial charge is 0.451 e. The number of amides is 1. The van der Waals surface area contributed by atoms with Crippen molar-refractivity contribution in [2.24, 2.45) is 0 Å². The van der Waals surface area contributed by atoms with Crippen LogP contribution < -0.4 is 5.32 Å². The molecular formula is C19H14ClFN2O3S. The number of nitrogens with one attached hydrogen (secondary N) is 1. The number of aromatic nitrogens is 1. The maximum Gasteiger partial charge on any atom is 0.358 e. The predicted octanol–water partition coefficient (Wildman–Crippen LogP) is 4.71. The van der Waals surface area contributed by atoms with E-state index in [-0.39, 0.29) is 16.4 Å². The molecule has 3 aromatic rings. The van der Waals surface area contributed by atoms with Crippen LogP contribution in [-0.2, 0) is 9.53 Å². The average Bonchev–Trinajstić information content (AvgIpc) is 3.13. The SMILES string of the molecule is Cc1ccc(-c2nc(C(=O)OCC(=O)Nc3cc(Cl)ccc3F)cs2)cc1. The monoisotopic (exact) mass is 404 g/mol. The number of nitrogens with zero attached hydrogens (tertiary/aromatic N) is 1. The Morgan fingerprint density at radius 3 is 2.70 bits per heavy atom. The summed E-state index contributed by atoms with van der Waals surface area (Å²) in [5, 5.41) is 4.81. The van der Waals surface area contributed by atoms with E-state index in [0.717, 1.165) is 17.2 Å². The molecule has 2 aromatic carbocycles. The Morgan fingerprint density at radius 1 is 1.22 bits per heavy atom. The number of halogens is 2. The van der Waals surface area contributed by atoms with E-state index < -0.39 is 24.3 Å². The second-order valence-corrected chi connectivity index (χ2v) is 6.95. The minimum absolute atomic E-state index is 0.0844. The maximum atomic E-state index is 13.6. The van der Waals surface area contributed by atoms with Gasteiger partial charge < -0.3 is 10.1 Å². The second-order valence-electron chi connectivity index (χ2n) is 5.65. The van der Waals surface area contributed by atoms with Crippen LogP contribution in [0.3, 0.4) is 0 Å². The first-order valence-corrected chi connectivity index (χ1v) is 9.13. The van der Waals surface area contributed by atoms with E-state index in [4.69, 9.17) is 16.3 Å². The first-order valence-electron chi connectivity index (χ1n) is 7.87. The van der Waals surface area contributed by atoms with Crippen molar-refractivity contribution in [2.45, 2.75) is 6.92 Å². The van der Waals surface area contributed by atoms with E-state index in [9.17, 15) is 14.0 Å². The van der Waals surface area contributed by atoms with Gasteiger partial charge in [0.25, 0.3) is 5.91 Å². The molecule has 5 nitrogen and oxygen atoms in total. The number of rotatable bonds is 5. The highest BCUT2D eigenvalue weighted by Crippen LogP contribution is 2.24. The molecule has 1 aromatic heterocycles. The Labute approximate surface area is 163 Å². The molecule has 0 aliphatic rings. The number of aryl methyl sites for hydroxylation is 1. The van der Waals surface area contributed by atoms with Gasteiger partial charge in [0.1, 0.15) is 10.8 Å². The van der Waals surface area contributed by atoms with Crippen LogP contribution in [0.25, 0.3) is 10.6 Å². The number of hydrogen-bond donors (Lipinski definition) is 1. The molecule has 1 amide bonds. The summed E-state index contributed by atoms with van der Waals surface area (Å²) in [6.07, 6.45) is 0. The summed E-state index contributed by atoms with van der Waals surface area (Å²) in [4.78, 5) is 28.2. The van der Waals surface area contributed by atoms with Crippen LogP contribution in [0.1, 0.15) is 16.1 Å². The molecular weight excluding hydrogens is 391 g/mol. The highest BCUT2D eigenvalue weighted by Gasteiger charge is 2.16. The lowest BCUT2D eigenvalue weighted by Gasteiger charge is -2.07. The van der Waals surface area contributed by atoms with Crippen molar-refractivity contribution in [2.75, 3.05) is 11.9 Å². The molecule has 0 atom stereocenters. The fourth-order valence-electron chi connectivity index (χ4n) is 2.18. The lowest BCUT2D eigenvalue weighted by molar-refractivity contribution is -0.119. The van der Waals surface area contributed by atoms with E-state index in [1.54, 1.807) is 5.38 Å². The molecule has 0 radical (unpaired) electrons. The molecule has 0 aliphatic carbocycles. The molecule has 0 unspecified atom stereocenters. The van der Waals surface area contributed by atoms with Crippen molar-refractivity contribution in [3.8, 4) is 10.6 Å². The molecule has 27 heavy (non-hydrogen) atoms. The molecule has 1 heterocycles. The van der Waals surface area contributed by atoms with Gasteiger partial charge in [-0.3, -0.25) is 4.79 Å². The van der Waals surface area contributed by atoms with Crippen molar-refractivity contribution >= 4 is 40.5 Å². The second kappa shape index (κ2) is 8.28. The average molecular weight is 405 g/mol. The van der Waals surface area contributed by atoms with E-state index in [0.29, 0.717) is 5.01 Å². The minimum Gasteiger partial charge on any atom is -0.451 e. The molecule has 0 bridgehead atoms.